The third-order valence-corrected chi connectivity index (χ3v) is 5.22. The van der Waals surface area contributed by atoms with Gasteiger partial charge in [0.05, 0.1) is 13.2 Å². The minimum absolute atomic E-state index is 0.274. The molecule has 0 aromatic rings. The molecule has 0 aliphatic carbocycles. The van der Waals surface area contributed by atoms with Gasteiger partial charge in [0.15, 0.2) is 0 Å². The van der Waals surface area contributed by atoms with Gasteiger partial charge < -0.3 is 24.8 Å². The molecule has 4 atom stereocenters. The molecule has 1 fully saturated rings. The summed E-state index contributed by atoms with van der Waals surface area (Å²) < 4.78 is 11.0. The van der Waals surface area contributed by atoms with Gasteiger partial charge in [-0.15, -0.1) is 0 Å². The van der Waals surface area contributed by atoms with Gasteiger partial charge in [-0.05, 0) is 25.7 Å². The fraction of sp³-hybridized carbons (Fsp3) is 0.909. The van der Waals surface area contributed by atoms with Crippen LogP contribution in [0.2, 0.25) is 0 Å². The molecule has 0 saturated carbocycles. The van der Waals surface area contributed by atoms with Gasteiger partial charge in [-0.1, -0.05) is 70.4 Å². The van der Waals surface area contributed by atoms with E-state index in [1.54, 1.807) is 0 Å². The van der Waals surface area contributed by atoms with Crippen molar-refractivity contribution in [2.24, 2.45) is 0 Å². The van der Waals surface area contributed by atoms with Crippen molar-refractivity contribution in [3.63, 3.8) is 0 Å². The van der Waals surface area contributed by atoms with Gasteiger partial charge in [0.2, 0.25) is 0 Å². The Kier molecular flexibility index (Phi) is 15.0. The van der Waals surface area contributed by atoms with Gasteiger partial charge >= 0.3 is 0 Å². The minimum atomic E-state index is -1.05. The number of ether oxygens (including phenoxy) is 2. The van der Waals surface area contributed by atoms with E-state index in [-0.39, 0.29) is 6.61 Å². The van der Waals surface area contributed by atoms with Crippen molar-refractivity contribution in [3.8, 4) is 0 Å². The molecule has 1 aliphatic rings. The maximum absolute atomic E-state index is 10.0. The monoisotopic (exact) mass is 386 g/mol. The molecule has 1 heterocycles. The van der Waals surface area contributed by atoms with Crippen LogP contribution < -0.4 is 0 Å². The van der Waals surface area contributed by atoms with E-state index in [2.05, 4.69) is 19.1 Å². The summed E-state index contributed by atoms with van der Waals surface area (Å²) in [6, 6.07) is 0. The van der Waals surface area contributed by atoms with Crippen molar-refractivity contribution in [1.82, 2.24) is 0 Å². The molecule has 0 radical (unpaired) electrons. The first-order chi connectivity index (χ1) is 13.2. The number of rotatable bonds is 17. The minimum Gasteiger partial charge on any atom is -0.394 e. The van der Waals surface area contributed by atoms with Crippen molar-refractivity contribution in [1.29, 1.82) is 0 Å². The predicted octanol–water partition coefficient (Wildman–Crippen LogP) is 3.74. The second-order valence-corrected chi connectivity index (χ2v) is 7.68. The molecule has 5 heteroatoms. The summed E-state index contributed by atoms with van der Waals surface area (Å²) in [6.07, 6.45) is 16.6. The van der Waals surface area contributed by atoms with Crippen LogP contribution in [-0.4, -0.2) is 59.6 Å². The topological polar surface area (TPSA) is 79.2 Å². The Bertz CT molecular complexity index is 361. The van der Waals surface area contributed by atoms with Crippen molar-refractivity contribution < 1.29 is 24.8 Å². The van der Waals surface area contributed by atoms with Crippen molar-refractivity contribution in [3.05, 3.63) is 12.2 Å². The summed E-state index contributed by atoms with van der Waals surface area (Å²) in [5.74, 6) is 0. The lowest BCUT2D eigenvalue weighted by Gasteiger charge is -2.20. The zero-order valence-electron chi connectivity index (χ0n) is 17.2. The normalized spacial score (nSPS) is 24.1. The van der Waals surface area contributed by atoms with Gasteiger partial charge in [-0.2, -0.15) is 0 Å². The van der Waals surface area contributed by atoms with Crippen LogP contribution in [0.15, 0.2) is 12.2 Å². The summed E-state index contributed by atoms with van der Waals surface area (Å²) in [5.41, 5.74) is 0. The number of allylic oxidation sites excluding steroid dienone is 2. The zero-order chi connectivity index (χ0) is 19.7. The molecule has 0 aromatic heterocycles. The Labute approximate surface area is 165 Å². The van der Waals surface area contributed by atoms with Crippen LogP contribution in [0.5, 0.6) is 0 Å². The van der Waals surface area contributed by atoms with Crippen molar-refractivity contribution >= 4 is 0 Å². The Hall–Kier alpha value is -0.460. The second-order valence-electron chi connectivity index (χ2n) is 7.68. The fourth-order valence-electron chi connectivity index (χ4n) is 3.42. The molecule has 0 unspecified atom stereocenters. The molecule has 1 saturated heterocycles. The number of unbranched alkanes of at least 4 members (excludes halogenated alkanes) is 10. The molecule has 1 rings (SSSR count). The molecular weight excluding hydrogens is 344 g/mol. The highest BCUT2D eigenvalue weighted by molar-refractivity contribution is 4.88. The van der Waals surface area contributed by atoms with Crippen LogP contribution in [-0.2, 0) is 9.47 Å². The summed E-state index contributed by atoms with van der Waals surface area (Å²) in [7, 11) is 0. The molecule has 5 nitrogen and oxygen atoms in total. The number of aliphatic hydroxyl groups is 3. The highest BCUT2D eigenvalue weighted by atomic mass is 16.6. The first-order valence-electron chi connectivity index (χ1n) is 11.1. The smallest absolute Gasteiger partial charge is 0.114 e. The van der Waals surface area contributed by atoms with Crippen LogP contribution in [0.4, 0.5) is 0 Å². The molecule has 0 bridgehead atoms. The number of hydrogen-bond donors (Lipinski definition) is 3. The van der Waals surface area contributed by atoms with Crippen molar-refractivity contribution in [2.75, 3.05) is 19.8 Å². The van der Waals surface area contributed by atoms with Gasteiger partial charge in [-0.3, -0.25) is 0 Å². The molecular formula is C22H42O5. The summed E-state index contributed by atoms with van der Waals surface area (Å²) >= 11 is 0. The highest BCUT2D eigenvalue weighted by Crippen LogP contribution is 2.20. The molecule has 0 amide bonds. The van der Waals surface area contributed by atoms with Gasteiger partial charge in [0.1, 0.15) is 24.4 Å². The largest absolute Gasteiger partial charge is 0.394 e. The standard InChI is InChI=1S/C22H42O5/c1-2-3-4-5-6-7-8-9-10-11-12-13-14-15-16-26-20-18-27-22(21(20)25)19(24)17-23/h5-6,19-25H,2-4,7-18H2,1H3/b6-5+/t19-,20+,21+,22+/m1/s1. The zero-order valence-corrected chi connectivity index (χ0v) is 17.2. The second kappa shape index (κ2) is 16.5. The summed E-state index contributed by atoms with van der Waals surface area (Å²) in [4.78, 5) is 0. The quantitative estimate of drug-likeness (QED) is 0.262. The lowest BCUT2D eigenvalue weighted by atomic mass is 10.1. The third-order valence-electron chi connectivity index (χ3n) is 5.22. The maximum atomic E-state index is 10.0. The van der Waals surface area contributed by atoms with Crippen LogP contribution >= 0.6 is 0 Å². The van der Waals surface area contributed by atoms with E-state index in [0.717, 1.165) is 12.8 Å². The molecule has 1 aliphatic heterocycles. The lowest BCUT2D eigenvalue weighted by Crippen LogP contribution is -2.41. The average molecular weight is 387 g/mol. The Morgan fingerprint density at radius 2 is 1.56 bits per heavy atom. The predicted molar refractivity (Wildman–Crippen MR) is 109 cm³/mol. The summed E-state index contributed by atoms with van der Waals surface area (Å²) in [5, 5.41) is 28.5. The van der Waals surface area contributed by atoms with E-state index >= 15 is 0 Å². The fourth-order valence-corrected chi connectivity index (χ4v) is 3.42. The Morgan fingerprint density at radius 3 is 2.19 bits per heavy atom. The molecule has 0 spiro atoms. The maximum Gasteiger partial charge on any atom is 0.114 e. The van der Waals surface area contributed by atoms with Gasteiger partial charge in [0, 0.05) is 6.61 Å². The first kappa shape index (κ1) is 24.6. The van der Waals surface area contributed by atoms with E-state index in [4.69, 9.17) is 14.6 Å². The Balaban J connectivity index is 1.85. The molecule has 27 heavy (non-hydrogen) atoms. The molecule has 160 valence electrons. The van der Waals surface area contributed by atoms with Crippen LogP contribution in [0.3, 0.4) is 0 Å². The third kappa shape index (κ3) is 11.2. The van der Waals surface area contributed by atoms with E-state index < -0.39 is 31.0 Å². The molecule has 0 aromatic carbocycles. The lowest BCUT2D eigenvalue weighted by molar-refractivity contribution is -0.0730. The Morgan fingerprint density at radius 1 is 0.963 bits per heavy atom. The first-order valence-corrected chi connectivity index (χ1v) is 11.1. The van der Waals surface area contributed by atoms with Crippen LogP contribution in [0.1, 0.15) is 84.0 Å². The van der Waals surface area contributed by atoms with Gasteiger partial charge in [0.25, 0.3) is 0 Å². The highest BCUT2D eigenvalue weighted by Gasteiger charge is 2.40. The molecule has 3 N–H and O–H groups in total. The van der Waals surface area contributed by atoms with Gasteiger partial charge in [-0.25, -0.2) is 0 Å². The number of hydrogen-bond acceptors (Lipinski definition) is 5. The van der Waals surface area contributed by atoms with Crippen molar-refractivity contribution in [2.45, 2.75) is 108 Å². The van der Waals surface area contributed by atoms with Crippen LogP contribution in [0.25, 0.3) is 0 Å². The van der Waals surface area contributed by atoms with E-state index in [0.29, 0.717) is 6.61 Å². The SMILES string of the molecule is CCCC/C=C/CCCCCCCCCCO[C@H]1CO[C@@H]([C@H](O)CO)[C@H]1O. The summed E-state index contributed by atoms with van der Waals surface area (Å²) in [6.45, 7) is 2.70. The number of aliphatic hydroxyl groups excluding tert-OH is 3. The van der Waals surface area contributed by atoms with Crippen LogP contribution in [0, 0.1) is 0 Å². The van der Waals surface area contributed by atoms with E-state index in [1.807, 2.05) is 0 Å². The average Bonchev–Trinajstić information content (AvgIpc) is 3.04. The van der Waals surface area contributed by atoms with E-state index in [9.17, 15) is 10.2 Å². The van der Waals surface area contributed by atoms with E-state index in [1.165, 1.54) is 64.2 Å².